The van der Waals surface area contributed by atoms with Crippen molar-refractivity contribution in [2.75, 3.05) is 18.0 Å². The Morgan fingerprint density at radius 1 is 0.757 bits per heavy atom. The van der Waals surface area contributed by atoms with Crippen LogP contribution >= 0.6 is 11.3 Å². The third-order valence-corrected chi connectivity index (χ3v) is 7.91. The molecule has 182 valence electrons. The Morgan fingerprint density at radius 2 is 1.41 bits per heavy atom. The van der Waals surface area contributed by atoms with Gasteiger partial charge in [0.2, 0.25) is 0 Å². The van der Waals surface area contributed by atoms with Crippen LogP contribution in [0.5, 0.6) is 0 Å². The van der Waals surface area contributed by atoms with E-state index in [9.17, 15) is 4.79 Å². The fourth-order valence-corrected chi connectivity index (χ4v) is 5.98. The first-order chi connectivity index (χ1) is 18.2. The van der Waals surface area contributed by atoms with Crippen LogP contribution in [0.2, 0.25) is 0 Å². The molecule has 0 atom stereocenters. The van der Waals surface area contributed by atoms with Crippen LogP contribution in [-0.4, -0.2) is 18.1 Å². The minimum Gasteiger partial charge on any atom is -0.422 e. The van der Waals surface area contributed by atoms with Crippen molar-refractivity contribution in [1.29, 1.82) is 0 Å². The molecule has 5 heteroatoms. The van der Waals surface area contributed by atoms with Crippen molar-refractivity contribution < 1.29 is 4.42 Å². The first-order valence-electron chi connectivity index (χ1n) is 12.5. The van der Waals surface area contributed by atoms with Gasteiger partial charge in [0.15, 0.2) is 0 Å². The zero-order valence-corrected chi connectivity index (χ0v) is 21.6. The lowest BCUT2D eigenvalue weighted by atomic mass is 9.99. The largest absolute Gasteiger partial charge is 0.422 e. The summed E-state index contributed by atoms with van der Waals surface area (Å²) in [6.45, 7) is 6.02. The van der Waals surface area contributed by atoms with Gasteiger partial charge in [-0.05, 0) is 43.2 Å². The summed E-state index contributed by atoms with van der Waals surface area (Å²) in [6, 6.07) is 32.8. The van der Waals surface area contributed by atoms with Crippen LogP contribution in [0.15, 0.2) is 106 Å². The van der Waals surface area contributed by atoms with E-state index in [0.29, 0.717) is 16.2 Å². The summed E-state index contributed by atoms with van der Waals surface area (Å²) in [5.41, 5.74) is 7.02. The molecule has 0 aliphatic rings. The Balaban J connectivity index is 1.55. The van der Waals surface area contributed by atoms with E-state index in [0.717, 1.165) is 56.6 Å². The summed E-state index contributed by atoms with van der Waals surface area (Å²) in [5, 5.41) is 1.55. The zero-order chi connectivity index (χ0) is 25.4. The van der Waals surface area contributed by atoms with E-state index in [1.165, 1.54) is 11.3 Å². The maximum Gasteiger partial charge on any atom is 0.346 e. The number of anilines is 1. The lowest BCUT2D eigenvalue weighted by Crippen LogP contribution is -2.21. The minimum atomic E-state index is -0.370. The van der Waals surface area contributed by atoms with Crippen molar-refractivity contribution in [3.8, 4) is 32.8 Å². The highest BCUT2D eigenvalue weighted by Gasteiger charge is 2.19. The number of hydrogen-bond acceptors (Lipinski definition) is 5. The Morgan fingerprint density at radius 3 is 2.08 bits per heavy atom. The Bertz CT molecular complexity index is 1690. The topological polar surface area (TPSA) is 46.3 Å². The molecule has 6 rings (SSSR count). The van der Waals surface area contributed by atoms with Gasteiger partial charge in [-0.25, -0.2) is 9.78 Å². The molecule has 0 radical (unpaired) electrons. The number of nitrogens with zero attached hydrogens (tertiary/aromatic N) is 2. The van der Waals surface area contributed by atoms with Crippen molar-refractivity contribution in [2.24, 2.45) is 0 Å². The molecule has 2 aromatic heterocycles. The molecule has 2 heterocycles. The fraction of sp³-hybridized carbons (Fsp3) is 0.125. The van der Waals surface area contributed by atoms with Gasteiger partial charge in [-0.2, -0.15) is 0 Å². The smallest absolute Gasteiger partial charge is 0.346 e. The summed E-state index contributed by atoms with van der Waals surface area (Å²) in [4.78, 5) is 20.5. The Labute approximate surface area is 219 Å². The van der Waals surface area contributed by atoms with Gasteiger partial charge in [0.1, 0.15) is 10.6 Å². The van der Waals surface area contributed by atoms with Gasteiger partial charge in [0.25, 0.3) is 0 Å². The van der Waals surface area contributed by atoms with E-state index >= 15 is 0 Å². The van der Waals surface area contributed by atoms with Crippen molar-refractivity contribution >= 4 is 38.2 Å². The maximum atomic E-state index is 13.2. The molecule has 0 saturated heterocycles. The molecule has 4 aromatic carbocycles. The molecule has 6 aromatic rings. The number of aromatic nitrogens is 1. The standard InChI is InChI=1S/C32H26N2O2S/c1-3-34(4-2)24-16-15-23-19-27(32(35)36-28(23)20-24)31-33-29-25(21-11-7-5-8-12-21)17-18-26(30(29)37-31)22-13-9-6-10-14-22/h5-20H,3-4H2,1-2H3. The third-order valence-electron chi connectivity index (χ3n) is 6.79. The van der Waals surface area contributed by atoms with E-state index < -0.39 is 0 Å². The average Bonchev–Trinajstić information content (AvgIpc) is 3.39. The van der Waals surface area contributed by atoms with Gasteiger partial charge in [0, 0.05) is 41.4 Å². The predicted octanol–water partition coefficient (Wildman–Crippen LogP) is 8.25. The highest BCUT2D eigenvalue weighted by molar-refractivity contribution is 7.22. The molecule has 0 unspecified atom stereocenters. The molecule has 0 aliphatic heterocycles. The molecule has 0 spiro atoms. The summed E-state index contributed by atoms with van der Waals surface area (Å²) < 4.78 is 6.89. The Kier molecular flexibility index (Phi) is 6.07. The van der Waals surface area contributed by atoms with Crippen LogP contribution in [0.1, 0.15) is 13.8 Å². The second kappa shape index (κ2) is 9.68. The minimum absolute atomic E-state index is 0.370. The van der Waals surface area contributed by atoms with Crippen molar-refractivity contribution in [2.45, 2.75) is 13.8 Å². The van der Waals surface area contributed by atoms with E-state index in [1.807, 2.05) is 54.6 Å². The number of benzene rings is 4. The fourth-order valence-electron chi connectivity index (χ4n) is 4.85. The van der Waals surface area contributed by atoms with E-state index in [2.05, 4.69) is 61.2 Å². The number of hydrogen-bond donors (Lipinski definition) is 0. The predicted molar refractivity (Wildman–Crippen MR) is 156 cm³/mol. The van der Waals surface area contributed by atoms with Crippen LogP contribution < -0.4 is 10.5 Å². The molecule has 0 amide bonds. The van der Waals surface area contributed by atoms with Crippen LogP contribution in [0.4, 0.5) is 5.69 Å². The molecule has 0 bridgehead atoms. The van der Waals surface area contributed by atoms with Crippen molar-refractivity contribution in [1.82, 2.24) is 4.98 Å². The molecule has 4 nitrogen and oxygen atoms in total. The number of rotatable bonds is 6. The molecular formula is C32H26N2O2S. The van der Waals surface area contributed by atoms with Gasteiger partial charge < -0.3 is 9.32 Å². The van der Waals surface area contributed by atoms with Gasteiger partial charge in [-0.1, -0.05) is 72.8 Å². The quantitative estimate of drug-likeness (QED) is 0.215. The normalized spacial score (nSPS) is 11.3. The highest BCUT2D eigenvalue weighted by atomic mass is 32.1. The Hall–Kier alpha value is -4.22. The van der Waals surface area contributed by atoms with E-state index in [1.54, 1.807) is 0 Å². The monoisotopic (exact) mass is 502 g/mol. The summed E-state index contributed by atoms with van der Waals surface area (Å²) >= 11 is 1.54. The highest BCUT2D eigenvalue weighted by Crippen LogP contribution is 2.41. The first-order valence-corrected chi connectivity index (χ1v) is 13.4. The van der Waals surface area contributed by atoms with Gasteiger partial charge in [0.05, 0.1) is 15.8 Å². The third kappa shape index (κ3) is 4.21. The van der Waals surface area contributed by atoms with Gasteiger partial charge >= 0.3 is 5.63 Å². The van der Waals surface area contributed by atoms with Crippen molar-refractivity contribution in [3.63, 3.8) is 0 Å². The molecule has 0 fully saturated rings. The maximum absolute atomic E-state index is 13.2. The van der Waals surface area contributed by atoms with Gasteiger partial charge in [-0.3, -0.25) is 0 Å². The molecule has 0 aliphatic carbocycles. The summed E-state index contributed by atoms with van der Waals surface area (Å²) in [7, 11) is 0. The molecule has 0 N–H and O–H groups in total. The molecule has 0 saturated carbocycles. The van der Waals surface area contributed by atoms with Crippen LogP contribution in [0.3, 0.4) is 0 Å². The second-order valence-electron chi connectivity index (χ2n) is 8.93. The van der Waals surface area contributed by atoms with Crippen LogP contribution in [-0.2, 0) is 0 Å². The SMILES string of the molecule is CCN(CC)c1ccc2cc(-c3nc4c(-c5ccccc5)ccc(-c5ccccc5)c4s3)c(=O)oc2c1. The van der Waals surface area contributed by atoms with E-state index in [4.69, 9.17) is 9.40 Å². The lowest BCUT2D eigenvalue weighted by molar-refractivity contribution is 0.563. The number of thiazole rings is 1. The average molecular weight is 503 g/mol. The first kappa shape index (κ1) is 23.2. The zero-order valence-electron chi connectivity index (χ0n) is 20.8. The summed E-state index contributed by atoms with van der Waals surface area (Å²) in [6.07, 6.45) is 0. The lowest BCUT2D eigenvalue weighted by Gasteiger charge is -2.20. The van der Waals surface area contributed by atoms with Crippen LogP contribution in [0, 0.1) is 0 Å². The van der Waals surface area contributed by atoms with Crippen LogP contribution in [0.25, 0.3) is 54.0 Å². The second-order valence-corrected chi connectivity index (χ2v) is 9.93. The van der Waals surface area contributed by atoms with E-state index in [-0.39, 0.29) is 5.63 Å². The molecular weight excluding hydrogens is 476 g/mol. The van der Waals surface area contributed by atoms with Crippen molar-refractivity contribution in [3.05, 3.63) is 107 Å². The summed E-state index contributed by atoms with van der Waals surface area (Å²) in [5.74, 6) is 0. The number of fused-ring (bicyclic) bond motifs is 2. The van der Waals surface area contributed by atoms with Gasteiger partial charge in [-0.15, -0.1) is 11.3 Å². The molecule has 37 heavy (non-hydrogen) atoms.